The van der Waals surface area contributed by atoms with Gasteiger partial charge >= 0.3 is 0 Å². The summed E-state index contributed by atoms with van der Waals surface area (Å²) in [4.78, 5) is 0. The predicted molar refractivity (Wildman–Crippen MR) is 92.8 cm³/mol. The number of hydrogen-bond acceptors (Lipinski definition) is 3. The summed E-state index contributed by atoms with van der Waals surface area (Å²) >= 11 is 8.56. The van der Waals surface area contributed by atoms with Gasteiger partial charge in [-0.05, 0) is 66.1 Å². The van der Waals surface area contributed by atoms with Crippen LogP contribution in [0.4, 0.5) is 0 Å². The van der Waals surface area contributed by atoms with Crippen LogP contribution >= 0.6 is 34.2 Å². The van der Waals surface area contributed by atoms with Gasteiger partial charge in [-0.3, -0.25) is 0 Å². The van der Waals surface area contributed by atoms with Crippen molar-refractivity contribution in [2.24, 2.45) is 5.92 Å². The van der Waals surface area contributed by atoms with Gasteiger partial charge in [0, 0.05) is 29.2 Å². The van der Waals surface area contributed by atoms with Gasteiger partial charge in [-0.15, -0.1) is 0 Å². The summed E-state index contributed by atoms with van der Waals surface area (Å²) in [6.07, 6.45) is 3.16. The Balaban J connectivity index is 1.80. The van der Waals surface area contributed by atoms with Gasteiger partial charge < -0.3 is 14.8 Å². The summed E-state index contributed by atoms with van der Waals surface area (Å²) in [5.41, 5.74) is 1.22. The summed E-state index contributed by atoms with van der Waals surface area (Å²) in [6, 6.07) is 6.69. The Morgan fingerprint density at radius 2 is 2.29 bits per heavy atom. The van der Waals surface area contributed by atoms with Crippen molar-refractivity contribution in [3.63, 3.8) is 0 Å². The molecule has 2 aliphatic rings. The second-order valence-electron chi connectivity index (χ2n) is 6.03. The molecule has 2 heterocycles. The first-order valence-corrected chi connectivity index (χ1v) is 8.93. The molecule has 0 saturated carbocycles. The second-order valence-corrected chi connectivity index (χ2v) is 7.60. The monoisotopic (exact) mass is 421 g/mol. The van der Waals surface area contributed by atoms with Crippen LogP contribution in [0.15, 0.2) is 18.2 Å². The summed E-state index contributed by atoms with van der Waals surface area (Å²) in [6.45, 7) is 2.39. The minimum Gasteiger partial charge on any atom is -0.378 e. The average Bonchev–Trinajstić information content (AvgIpc) is 2.91. The summed E-state index contributed by atoms with van der Waals surface area (Å²) in [7, 11) is 2.03. The number of hydrogen-bond donors (Lipinski definition) is 1. The van der Waals surface area contributed by atoms with Gasteiger partial charge in [0.15, 0.2) is 0 Å². The van der Waals surface area contributed by atoms with Crippen molar-refractivity contribution >= 4 is 34.2 Å². The molecule has 0 aromatic heterocycles. The van der Waals surface area contributed by atoms with E-state index in [0.29, 0.717) is 12.0 Å². The Labute approximate surface area is 144 Å². The van der Waals surface area contributed by atoms with Gasteiger partial charge in [-0.25, -0.2) is 0 Å². The first kappa shape index (κ1) is 16.0. The van der Waals surface area contributed by atoms with Crippen molar-refractivity contribution in [2.45, 2.75) is 30.9 Å². The molecule has 0 bridgehead atoms. The highest BCUT2D eigenvalue weighted by Gasteiger charge is 2.43. The predicted octanol–water partition coefficient (Wildman–Crippen LogP) is 3.79. The van der Waals surface area contributed by atoms with E-state index in [1.165, 1.54) is 5.56 Å². The van der Waals surface area contributed by atoms with Crippen molar-refractivity contribution in [3.05, 3.63) is 32.4 Å². The molecular weight excluding hydrogens is 401 g/mol. The van der Waals surface area contributed by atoms with E-state index in [1.54, 1.807) is 0 Å². The van der Waals surface area contributed by atoms with Gasteiger partial charge in [0.2, 0.25) is 0 Å². The van der Waals surface area contributed by atoms with Gasteiger partial charge in [0.25, 0.3) is 0 Å². The topological polar surface area (TPSA) is 30.5 Å². The molecule has 2 aliphatic heterocycles. The SMILES string of the molecule is CNC(c1ccc(I)c(Cl)c1)C1CCOC2(CCOC2)C1. The molecule has 5 heteroatoms. The molecule has 3 unspecified atom stereocenters. The number of rotatable bonds is 3. The standard InChI is InChI=1S/C16H21ClINO2/c1-19-15(11-2-3-14(18)13(17)8-11)12-4-6-21-16(9-12)5-7-20-10-16/h2-3,8,12,15,19H,4-7,9-10H2,1H3. The number of ether oxygens (including phenoxy) is 2. The lowest BCUT2D eigenvalue weighted by Gasteiger charge is -2.40. The van der Waals surface area contributed by atoms with Crippen molar-refractivity contribution in [3.8, 4) is 0 Å². The maximum atomic E-state index is 6.29. The van der Waals surface area contributed by atoms with Gasteiger partial charge in [0.05, 0.1) is 17.2 Å². The first-order valence-electron chi connectivity index (χ1n) is 7.47. The molecule has 1 spiro atoms. The Morgan fingerprint density at radius 1 is 1.43 bits per heavy atom. The molecule has 0 amide bonds. The number of halogens is 2. The van der Waals surface area contributed by atoms with E-state index in [4.69, 9.17) is 21.1 Å². The van der Waals surface area contributed by atoms with E-state index in [-0.39, 0.29) is 5.60 Å². The Bertz CT molecular complexity index is 505. The van der Waals surface area contributed by atoms with Crippen LogP contribution in [0, 0.1) is 9.49 Å². The Morgan fingerprint density at radius 3 is 2.95 bits per heavy atom. The summed E-state index contributed by atoms with van der Waals surface area (Å²) in [5, 5.41) is 4.32. The van der Waals surface area contributed by atoms with E-state index in [0.717, 1.165) is 47.7 Å². The Hall–Kier alpha value is 0.120. The van der Waals surface area contributed by atoms with Crippen molar-refractivity contribution < 1.29 is 9.47 Å². The van der Waals surface area contributed by atoms with Crippen LogP contribution in [-0.2, 0) is 9.47 Å². The molecule has 1 aromatic carbocycles. The summed E-state index contributed by atoms with van der Waals surface area (Å²) in [5.74, 6) is 0.557. The fraction of sp³-hybridized carbons (Fsp3) is 0.625. The van der Waals surface area contributed by atoms with E-state index in [2.05, 4.69) is 46.1 Å². The molecule has 1 N–H and O–H groups in total. The van der Waals surface area contributed by atoms with Gasteiger partial charge in [-0.1, -0.05) is 17.7 Å². The molecule has 21 heavy (non-hydrogen) atoms. The Kier molecular flexibility index (Phi) is 5.11. The fourth-order valence-corrected chi connectivity index (χ4v) is 4.12. The lowest BCUT2D eigenvalue weighted by Crippen LogP contribution is -2.43. The third kappa shape index (κ3) is 3.39. The lowest BCUT2D eigenvalue weighted by molar-refractivity contribution is -0.103. The molecule has 3 nitrogen and oxygen atoms in total. The third-order valence-electron chi connectivity index (χ3n) is 4.68. The minimum atomic E-state index is -0.0506. The molecule has 1 aromatic rings. The van der Waals surface area contributed by atoms with Crippen LogP contribution in [0.3, 0.4) is 0 Å². The highest BCUT2D eigenvalue weighted by Crippen LogP contribution is 2.41. The van der Waals surface area contributed by atoms with Crippen LogP contribution in [0.25, 0.3) is 0 Å². The van der Waals surface area contributed by atoms with Gasteiger partial charge in [0.1, 0.15) is 0 Å². The number of nitrogens with one attached hydrogen (secondary N) is 1. The van der Waals surface area contributed by atoms with Crippen LogP contribution in [0.5, 0.6) is 0 Å². The highest BCUT2D eigenvalue weighted by molar-refractivity contribution is 14.1. The molecule has 2 saturated heterocycles. The average molecular weight is 422 g/mol. The van der Waals surface area contributed by atoms with Crippen LogP contribution in [0.2, 0.25) is 5.02 Å². The van der Waals surface area contributed by atoms with Crippen molar-refractivity contribution in [2.75, 3.05) is 26.9 Å². The molecule has 0 radical (unpaired) electrons. The zero-order valence-electron chi connectivity index (χ0n) is 12.2. The number of benzene rings is 1. The zero-order valence-corrected chi connectivity index (χ0v) is 15.1. The maximum Gasteiger partial charge on any atom is 0.0940 e. The van der Waals surface area contributed by atoms with E-state index < -0.39 is 0 Å². The van der Waals surface area contributed by atoms with E-state index >= 15 is 0 Å². The van der Waals surface area contributed by atoms with Crippen LogP contribution in [-0.4, -0.2) is 32.5 Å². The lowest BCUT2D eigenvalue weighted by atomic mass is 9.79. The van der Waals surface area contributed by atoms with E-state index in [9.17, 15) is 0 Å². The fourth-order valence-electron chi connectivity index (χ4n) is 3.59. The highest BCUT2D eigenvalue weighted by atomic mass is 127. The molecule has 3 rings (SSSR count). The largest absolute Gasteiger partial charge is 0.378 e. The van der Waals surface area contributed by atoms with Crippen LogP contribution in [0.1, 0.15) is 30.9 Å². The third-order valence-corrected chi connectivity index (χ3v) is 6.26. The molecule has 0 aliphatic carbocycles. The quantitative estimate of drug-likeness (QED) is 0.753. The zero-order chi connectivity index (χ0) is 14.9. The summed E-state index contributed by atoms with van der Waals surface area (Å²) < 4.78 is 12.7. The molecule has 2 fully saturated rings. The first-order chi connectivity index (χ1) is 10.1. The normalized spacial score (nSPS) is 30.7. The van der Waals surface area contributed by atoms with Crippen molar-refractivity contribution in [1.82, 2.24) is 5.32 Å². The molecular formula is C16H21ClINO2. The van der Waals surface area contributed by atoms with Crippen LogP contribution < -0.4 is 5.32 Å². The minimum absolute atomic E-state index is 0.0506. The van der Waals surface area contributed by atoms with Gasteiger partial charge in [-0.2, -0.15) is 0 Å². The maximum absolute atomic E-state index is 6.29. The second kappa shape index (κ2) is 6.71. The molecule has 3 atom stereocenters. The smallest absolute Gasteiger partial charge is 0.0940 e. The molecule has 116 valence electrons. The van der Waals surface area contributed by atoms with Crippen molar-refractivity contribution in [1.29, 1.82) is 0 Å². The van der Waals surface area contributed by atoms with E-state index in [1.807, 2.05) is 7.05 Å².